The average Bonchev–Trinajstić information content (AvgIpc) is 3.25. The maximum absolute atomic E-state index is 13.7. The lowest BCUT2D eigenvalue weighted by Crippen LogP contribution is -2.52. The number of fused-ring (bicyclic) bond motifs is 2. The van der Waals surface area contributed by atoms with Gasteiger partial charge in [0.2, 0.25) is 10.0 Å². The number of nitrogens with one attached hydrogen (secondary N) is 2. The van der Waals surface area contributed by atoms with E-state index < -0.39 is 33.4 Å². The lowest BCUT2D eigenvalue weighted by atomic mass is 10.1. The van der Waals surface area contributed by atoms with Crippen LogP contribution in [-0.2, 0) is 27.9 Å². The molecular weight excluding hydrogens is 520 g/mol. The molecule has 13 heteroatoms. The molecule has 0 radical (unpaired) electrons. The minimum atomic E-state index is -3.82. The van der Waals surface area contributed by atoms with E-state index in [1.807, 2.05) is 32.0 Å². The van der Waals surface area contributed by atoms with Gasteiger partial charge in [0.05, 0.1) is 21.6 Å². The summed E-state index contributed by atoms with van der Waals surface area (Å²) in [5.41, 5.74) is 1.21. The molecule has 186 valence electrons. The molecule has 3 aromatic rings. The van der Waals surface area contributed by atoms with E-state index in [1.165, 1.54) is 26.9 Å². The van der Waals surface area contributed by atoms with Crippen LogP contribution in [0, 0.1) is 12.8 Å². The normalized spacial score (nSPS) is 21.3. The number of urea groups is 1. The molecule has 0 spiro atoms. The van der Waals surface area contributed by atoms with Crippen molar-refractivity contribution in [3.63, 3.8) is 0 Å². The Morgan fingerprint density at radius 1 is 1.28 bits per heavy atom. The standard InChI is InChI=1S/C23H23N6O4S3/c1-13-24-10-16(34-13)12-28-20(30)17-8-19(36(32,33)27-23(2)5-6-23)35-21(17)29(22(28)31)11-14-3-4-15-9-25-26-18(15)7-14/h3-4,7-10,17,27H,5-6,11-12H2,1-2H3,(H,25,26)/q+1. The van der Waals surface area contributed by atoms with Gasteiger partial charge in [0, 0.05) is 17.1 Å². The molecule has 0 bridgehead atoms. The number of thiazole rings is 1. The monoisotopic (exact) mass is 543 g/mol. The van der Waals surface area contributed by atoms with Gasteiger partial charge < -0.3 is 0 Å². The van der Waals surface area contributed by atoms with Gasteiger partial charge in [0.1, 0.15) is 23.2 Å². The van der Waals surface area contributed by atoms with Crippen LogP contribution in [0.4, 0.5) is 4.79 Å². The van der Waals surface area contributed by atoms with Crippen LogP contribution >= 0.6 is 23.1 Å². The second kappa shape index (κ2) is 8.33. The van der Waals surface area contributed by atoms with Crippen molar-refractivity contribution in [2.75, 3.05) is 0 Å². The second-order valence-electron chi connectivity index (χ2n) is 9.50. The van der Waals surface area contributed by atoms with Gasteiger partial charge in [-0.1, -0.05) is 12.1 Å². The van der Waals surface area contributed by atoms with Crippen molar-refractivity contribution in [1.29, 1.82) is 0 Å². The third kappa shape index (κ3) is 4.19. The van der Waals surface area contributed by atoms with Gasteiger partial charge >= 0.3 is 11.9 Å². The molecule has 1 unspecified atom stereocenters. The highest BCUT2D eigenvalue weighted by atomic mass is 32.3. The molecule has 1 atom stereocenters. The number of carbonyl (C=O) groups is 2. The number of thioether (sulfide) groups is 1. The lowest BCUT2D eigenvalue weighted by molar-refractivity contribution is -0.454. The van der Waals surface area contributed by atoms with E-state index in [4.69, 9.17) is 0 Å². The molecule has 1 saturated carbocycles. The molecular formula is C23H23N6O4S3+. The summed E-state index contributed by atoms with van der Waals surface area (Å²) >= 11 is 2.39. The molecule has 1 aliphatic carbocycles. The Balaban J connectivity index is 1.39. The Bertz CT molecular complexity index is 1600. The minimum Gasteiger partial charge on any atom is -0.278 e. The summed E-state index contributed by atoms with van der Waals surface area (Å²) in [4.78, 5) is 33.4. The highest BCUT2D eigenvalue weighted by Crippen LogP contribution is 2.42. The van der Waals surface area contributed by atoms with Crippen molar-refractivity contribution in [2.45, 2.75) is 45.3 Å². The van der Waals surface area contributed by atoms with E-state index in [0.717, 1.165) is 51.0 Å². The fraction of sp³-hybridized carbons (Fsp3) is 0.348. The number of carbonyl (C=O) groups excluding carboxylic acids is 2. The maximum Gasteiger partial charge on any atom is 0.501 e. The van der Waals surface area contributed by atoms with Crippen molar-refractivity contribution in [1.82, 2.24) is 24.8 Å². The minimum absolute atomic E-state index is 0.0567. The van der Waals surface area contributed by atoms with Crippen molar-refractivity contribution in [3.8, 4) is 0 Å². The van der Waals surface area contributed by atoms with E-state index >= 15 is 0 Å². The van der Waals surface area contributed by atoms with Gasteiger partial charge in [0.25, 0.3) is 0 Å². The van der Waals surface area contributed by atoms with Crippen molar-refractivity contribution in [2.24, 2.45) is 5.92 Å². The molecule has 36 heavy (non-hydrogen) atoms. The zero-order valence-electron chi connectivity index (χ0n) is 19.5. The molecule has 3 amide bonds. The summed E-state index contributed by atoms with van der Waals surface area (Å²) in [6.45, 7) is 3.99. The summed E-state index contributed by atoms with van der Waals surface area (Å²) in [5.74, 6) is -1.28. The number of sulfonamides is 1. The fourth-order valence-corrected chi connectivity index (χ4v) is 8.14. The van der Waals surface area contributed by atoms with Gasteiger partial charge in [-0.25, -0.2) is 22.9 Å². The Labute approximate surface area is 215 Å². The largest absolute Gasteiger partial charge is 0.501 e. The Hall–Kier alpha value is -2.87. The first-order valence-electron chi connectivity index (χ1n) is 11.4. The number of hydrogen-bond donors (Lipinski definition) is 2. The number of H-pyrrole nitrogens is 1. The van der Waals surface area contributed by atoms with Crippen LogP contribution < -0.4 is 4.72 Å². The lowest BCUT2D eigenvalue weighted by Gasteiger charge is -2.23. The van der Waals surface area contributed by atoms with Gasteiger partial charge in [-0.05, 0) is 56.2 Å². The predicted octanol–water partition coefficient (Wildman–Crippen LogP) is 3.08. The number of amides is 3. The molecule has 1 fully saturated rings. The summed E-state index contributed by atoms with van der Waals surface area (Å²) in [6.07, 6.45) is 6.39. The Morgan fingerprint density at radius 3 is 2.81 bits per heavy atom. The summed E-state index contributed by atoms with van der Waals surface area (Å²) in [6, 6.07) is 5.22. The molecule has 6 rings (SSSR count). The van der Waals surface area contributed by atoms with Crippen molar-refractivity contribution in [3.05, 3.63) is 56.4 Å². The molecule has 4 heterocycles. The zero-order valence-corrected chi connectivity index (χ0v) is 22.0. The number of aromatic amines is 1. The third-order valence-electron chi connectivity index (χ3n) is 6.51. The molecule has 1 aromatic carbocycles. The second-order valence-corrected chi connectivity index (χ2v) is 13.8. The predicted molar refractivity (Wildman–Crippen MR) is 137 cm³/mol. The third-order valence-corrected chi connectivity index (χ3v) is 10.8. The Morgan fingerprint density at radius 2 is 2.08 bits per heavy atom. The quantitative estimate of drug-likeness (QED) is 0.438. The van der Waals surface area contributed by atoms with E-state index in [-0.39, 0.29) is 17.3 Å². The topological polar surface area (TPSA) is 128 Å². The average molecular weight is 544 g/mol. The molecule has 3 aliphatic rings. The van der Waals surface area contributed by atoms with Gasteiger partial charge in [0.15, 0.2) is 5.04 Å². The summed E-state index contributed by atoms with van der Waals surface area (Å²) in [7, 11) is -3.82. The highest BCUT2D eigenvalue weighted by molar-refractivity contribution is 8.27. The number of aryl methyl sites for hydroxylation is 1. The van der Waals surface area contributed by atoms with Crippen LogP contribution in [0.15, 0.2) is 40.9 Å². The summed E-state index contributed by atoms with van der Waals surface area (Å²) in [5, 5.41) is 9.16. The number of hydrogen-bond acceptors (Lipinski definition) is 8. The molecule has 0 saturated heterocycles. The zero-order chi connectivity index (χ0) is 25.2. The SMILES string of the molecule is Cc1ncc(CN2C(=O)C3C=C(S(=O)(=O)NC4(C)CC4)SC3=[N+](Cc3ccc4cn[nH]c4c3)C2=O)s1. The Kier molecular flexibility index (Phi) is 5.44. The van der Waals surface area contributed by atoms with Crippen LogP contribution in [0.1, 0.15) is 35.2 Å². The van der Waals surface area contributed by atoms with E-state index in [2.05, 4.69) is 19.9 Å². The molecule has 2 N–H and O–H groups in total. The maximum atomic E-state index is 13.7. The van der Waals surface area contributed by atoms with Gasteiger partial charge in [-0.3, -0.25) is 5.10 Å². The van der Waals surface area contributed by atoms with Crippen LogP contribution in [0.25, 0.3) is 10.9 Å². The number of nitrogens with zero attached hydrogens (tertiary/aromatic N) is 4. The highest BCUT2D eigenvalue weighted by Gasteiger charge is 2.53. The number of benzene rings is 1. The number of imide groups is 1. The molecule has 2 aromatic heterocycles. The van der Waals surface area contributed by atoms with Crippen LogP contribution in [0.5, 0.6) is 0 Å². The molecule has 10 nitrogen and oxygen atoms in total. The summed E-state index contributed by atoms with van der Waals surface area (Å²) < 4.78 is 30.5. The van der Waals surface area contributed by atoms with Crippen molar-refractivity contribution < 1.29 is 22.6 Å². The first-order valence-corrected chi connectivity index (χ1v) is 14.5. The van der Waals surface area contributed by atoms with Crippen LogP contribution in [0.3, 0.4) is 0 Å². The first kappa shape index (κ1) is 23.5. The number of aromatic nitrogens is 3. The number of rotatable bonds is 7. The van der Waals surface area contributed by atoms with Crippen LogP contribution in [0.2, 0.25) is 0 Å². The first-order chi connectivity index (χ1) is 17.1. The van der Waals surface area contributed by atoms with E-state index in [0.29, 0.717) is 5.04 Å². The van der Waals surface area contributed by atoms with Crippen LogP contribution in [-0.4, -0.2) is 55.6 Å². The van der Waals surface area contributed by atoms with Gasteiger partial charge in [-0.2, -0.15) is 19.4 Å². The van der Waals surface area contributed by atoms with E-state index in [9.17, 15) is 18.0 Å². The van der Waals surface area contributed by atoms with E-state index in [1.54, 1.807) is 12.4 Å². The smallest absolute Gasteiger partial charge is 0.278 e. The van der Waals surface area contributed by atoms with Crippen molar-refractivity contribution >= 4 is 61.0 Å². The molecule has 2 aliphatic heterocycles. The fourth-order valence-electron chi connectivity index (χ4n) is 4.31. The van der Waals surface area contributed by atoms with Gasteiger partial charge in [-0.15, -0.1) is 11.3 Å².